The average Bonchev–Trinajstić information content (AvgIpc) is 3.37. The van der Waals surface area contributed by atoms with E-state index in [-0.39, 0.29) is 31.1 Å². The first kappa shape index (κ1) is 66.8. The van der Waals surface area contributed by atoms with E-state index in [2.05, 4.69) is 142 Å². The maximum absolute atomic E-state index is 12.9. The van der Waals surface area contributed by atoms with Crippen LogP contribution in [0.5, 0.6) is 0 Å². The van der Waals surface area contributed by atoms with Gasteiger partial charge in [0.1, 0.15) is 13.2 Å². The number of hydrogen-bond donors (Lipinski definition) is 0. The van der Waals surface area contributed by atoms with E-state index in [1.54, 1.807) is 0 Å². The minimum atomic E-state index is -0.810. The molecular formula is C65H106O6. The Hall–Kier alpha value is -4.19. The van der Waals surface area contributed by atoms with Crippen molar-refractivity contribution >= 4 is 17.9 Å². The van der Waals surface area contributed by atoms with Crippen molar-refractivity contribution in [3.63, 3.8) is 0 Å². The topological polar surface area (TPSA) is 78.9 Å². The number of hydrogen-bond acceptors (Lipinski definition) is 6. The lowest BCUT2D eigenvalue weighted by atomic mass is 10.1. The summed E-state index contributed by atoms with van der Waals surface area (Å²) in [6.45, 7) is 6.41. The van der Waals surface area contributed by atoms with E-state index >= 15 is 0 Å². The van der Waals surface area contributed by atoms with Crippen molar-refractivity contribution in [1.29, 1.82) is 0 Å². The standard InChI is InChI=1S/C65H106O6/c1-4-7-10-13-16-19-22-25-28-30-32-33-34-36-37-40-43-46-49-52-55-58-64(67)70-61-62(60-69-63(66)57-54-51-48-45-42-39-27-24-21-18-15-12-9-6-3)71-65(68)59-56-53-50-47-44-41-38-35-31-29-26-23-20-17-14-11-8-5-2/h7,10,15-16,18-20,23-25,27-29,31-33,36-37,43,46,62H,4-6,8-9,11-14,17,21-22,26,30,34-35,38-42,44-45,47-61H2,1-3H3/b10-7-,18-15-,19-16-,23-20-,27-24-,28-25-,31-29-,33-32-,37-36-,46-43-. The van der Waals surface area contributed by atoms with Crippen molar-refractivity contribution in [2.24, 2.45) is 0 Å². The first-order valence-corrected chi connectivity index (χ1v) is 29.0. The lowest BCUT2D eigenvalue weighted by molar-refractivity contribution is -0.167. The second kappa shape index (κ2) is 58.4. The molecule has 0 heterocycles. The van der Waals surface area contributed by atoms with Gasteiger partial charge in [0, 0.05) is 19.3 Å². The van der Waals surface area contributed by atoms with Crippen molar-refractivity contribution in [2.75, 3.05) is 13.2 Å². The van der Waals surface area contributed by atoms with Gasteiger partial charge in [0.2, 0.25) is 0 Å². The lowest BCUT2D eigenvalue weighted by Crippen LogP contribution is -2.30. The minimum Gasteiger partial charge on any atom is -0.462 e. The third kappa shape index (κ3) is 56.6. The first-order valence-electron chi connectivity index (χ1n) is 29.0. The zero-order valence-electron chi connectivity index (χ0n) is 45.9. The maximum Gasteiger partial charge on any atom is 0.306 e. The van der Waals surface area contributed by atoms with E-state index in [4.69, 9.17) is 14.2 Å². The molecule has 0 aromatic rings. The first-order chi connectivity index (χ1) is 35.0. The summed E-state index contributed by atoms with van der Waals surface area (Å²) in [5.74, 6) is -0.972. The summed E-state index contributed by atoms with van der Waals surface area (Å²) in [6.07, 6.45) is 80.4. The van der Waals surface area contributed by atoms with Gasteiger partial charge in [-0.25, -0.2) is 0 Å². The zero-order chi connectivity index (χ0) is 51.4. The number of carbonyl (C=O) groups is 3. The van der Waals surface area contributed by atoms with Crippen LogP contribution in [0.4, 0.5) is 0 Å². The van der Waals surface area contributed by atoms with Crippen molar-refractivity contribution in [3.05, 3.63) is 122 Å². The van der Waals surface area contributed by atoms with Gasteiger partial charge in [-0.3, -0.25) is 14.4 Å². The quantitative estimate of drug-likeness (QED) is 0.0261. The van der Waals surface area contributed by atoms with Crippen LogP contribution in [0.2, 0.25) is 0 Å². The van der Waals surface area contributed by atoms with Gasteiger partial charge < -0.3 is 14.2 Å². The number of esters is 3. The fourth-order valence-electron chi connectivity index (χ4n) is 7.55. The Kier molecular flexibility index (Phi) is 54.9. The van der Waals surface area contributed by atoms with E-state index in [1.165, 1.54) is 77.0 Å². The highest BCUT2D eigenvalue weighted by Gasteiger charge is 2.19. The SMILES string of the molecule is CC/C=C\C/C=C\C/C=C\C/C=C\C/C=C\C/C=C\CCCCC(=O)OCC(COC(=O)CCCCCCC/C=C\C/C=C\CCCC)OC(=O)CCCCCCCCC/C=C\C/C=C\CCCCCC. The van der Waals surface area contributed by atoms with E-state index in [1.807, 2.05) is 0 Å². The van der Waals surface area contributed by atoms with Crippen molar-refractivity contribution in [2.45, 2.75) is 258 Å². The molecule has 0 aromatic carbocycles. The van der Waals surface area contributed by atoms with Crippen molar-refractivity contribution in [1.82, 2.24) is 0 Å². The molecule has 0 aliphatic carbocycles. The van der Waals surface area contributed by atoms with Gasteiger partial charge >= 0.3 is 17.9 Å². The number of ether oxygens (including phenoxy) is 3. The second-order valence-electron chi connectivity index (χ2n) is 18.8. The molecule has 0 radical (unpaired) electrons. The van der Waals surface area contributed by atoms with Crippen molar-refractivity contribution in [3.8, 4) is 0 Å². The molecule has 0 amide bonds. The third-order valence-electron chi connectivity index (χ3n) is 11.9. The van der Waals surface area contributed by atoms with E-state index in [0.29, 0.717) is 25.7 Å². The summed E-state index contributed by atoms with van der Waals surface area (Å²) in [5, 5.41) is 0. The highest BCUT2D eigenvalue weighted by Crippen LogP contribution is 2.14. The molecule has 0 aromatic heterocycles. The Morgan fingerprint density at radius 2 is 0.563 bits per heavy atom. The Labute approximate surface area is 437 Å². The molecule has 1 unspecified atom stereocenters. The maximum atomic E-state index is 12.9. The van der Waals surface area contributed by atoms with Gasteiger partial charge in [-0.15, -0.1) is 0 Å². The van der Waals surface area contributed by atoms with Crippen LogP contribution < -0.4 is 0 Å². The molecule has 0 saturated heterocycles. The predicted molar refractivity (Wildman–Crippen MR) is 306 cm³/mol. The minimum absolute atomic E-state index is 0.105. The highest BCUT2D eigenvalue weighted by atomic mass is 16.6. The Bertz CT molecular complexity index is 1500. The molecule has 0 spiro atoms. The fourth-order valence-corrected chi connectivity index (χ4v) is 7.55. The van der Waals surface area contributed by atoms with Gasteiger partial charge in [-0.05, 0) is 128 Å². The van der Waals surface area contributed by atoms with Gasteiger partial charge in [0.05, 0.1) is 0 Å². The molecule has 0 aliphatic heterocycles. The van der Waals surface area contributed by atoms with Crippen molar-refractivity contribution < 1.29 is 28.6 Å². The molecule has 6 heteroatoms. The Morgan fingerprint density at radius 1 is 0.296 bits per heavy atom. The van der Waals surface area contributed by atoms with Crippen LogP contribution in [-0.2, 0) is 28.6 Å². The molecule has 0 rings (SSSR count). The lowest BCUT2D eigenvalue weighted by Gasteiger charge is -2.18. The molecule has 0 fully saturated rings. The molecule has 71 heavy (non-hydrogen) atoms. The summed E-state index contributed by atoms with van der Waals surface area (Å²) in [7, 11) is 0. The summed E-state index contributed by atoms with van der Waals surface area (Å²) >= 11 is 0. The predicted octanol–water partition coefficient (Wildman–Crippen LogP) is 19.6. The normalized spacial score (nSPS) is 13.0. The Balaban J connectivity index is 4.51. The molecule has 0 aliphatic rings. The van der Waals surface area contributed by atoms with Crippen LogP contribution in [-0.4, -0.2) is 37.2 Å². The summed E-state index contributed by atoms with van der Waals surface area (Å²) in [4.78, 5) is 38.2. The van der Waals surface area contributed by atoms with Crippen LogP contribution in [0, 0.1) is 0 Å². The molecule has 0 bridgehead atoms. The molecule has 6 nitrogen and oxygen atoms in total. The molecule has 0 saturated carbocycles. The van der Waals surface area contributed by atoms with Gasteiger partial charge in [0.25, 0.3) is 0 Å². The van der Waals surface area contributed by atoms with E-state index in [9.17, 15) is 14.4 Å². The number of rotatable bonds is 51. The number of allylic oxidation sites excluding steroid dienone is 20. The molecular weight excluding hydrogens is 877 g/mol. The van der Waals surface area contributed by atoms with Crippen LogP contribution in [0.1, 0.15) is 252 Å². The van der Waals surface area contributed by atoms with E-state index in [0.717, 1.165) is 128 Å². The largest absolute Gasteiger partial charge is 0.462 e. The monoisotopic (exact) mass is 983 g/mol. The fraction of sp³-hybridized carbons (Fsp3) is 0.646. The Morgan fingerprint density at radius 3 is 0.930 bits per heavy atom. The molecule has 402 valence electrons. The number of unbranched alkanes of at least 4 members (excludes halogenated alkanes) is 20. The smallest absolute Gasteiger partial charge is 0.306 e. The summed E-state index contributed by atoms with van der Waals surface area (Å²) in [6, 6.07) is 0. The zero-order valence-corrected chi connectivity index (χ0v) is 45.9. The number of carbonyl (C=O) groups excluding carboxylic acids is 3. The average molecular weight is 984 g/mol. The summed E-state index contributed by atoms with van der Waals surface area (Å²) in [5.41, 5.74) is 0. The molecule has 1 atom stereocenters. The van der Waals surface area contributed by atoms with Gasteiger partial charge in [0.15, 0.2) is 6.10 Å². The van der Waals surface area contributed by atoms with Crippen LogP contribution in [0.15, 0.2) is 122 Å². The summed E-state index contributed by atoms with van der Waals surface area (Å²) < 4.78 is 16.8. The van der Waals surface area contributed by atoms with Gasteiger partial charge in [-0.1, -0.05) is 226 Å². The van der Waals surface area contributed by atoms with Crippen LogP contribution in [0.25, 0.3) is 0 Å². The molecule has 0 N–H and O–H groups in total. The third-order valence-corrected chi connectivity index (χ3v) is 11.9. The van der Waals surface area contributed by atoms with Crippen LogP contribution >= 0.6 is 0 Å². The highest BCUT2D eigenvalue weighted by molar-refractivity contribution is 5.71. The van der Waals surface area contributed by atoms with E-state index < -0.39 is 6.10 Å². The van der Waals surface area contributed by atoms with Crippen LogP contribution in [0.3, 0.4) is 0 Å². The van der Waals surface area contributed by atoms with Gasteiger partial charge in [-0.2, -0.15) is 0 Å². The second-order valence-corrected chi connectivity index (χ2v) is 18.8.